The van der Waals surface area contributed by atoms with Gasteiger partial charge in [-0.1, -0.05) is 12.1 Å². The van der Waals surface area contributed by atoms with E-state index in [9.17, 15) is 13.2 Å². The molecule has 0 unspecified atom stereocenters. The first-order chi connectivity index (χ1) is 8.99. The molecule has 0 aliphatic rings. The highest BCUT2D eigenvalue weighted by Gasteiger charge is 2.14. The van der Waals surface area contributed by atoms with Crippen molar-refractivity contribution >= 4 is 21.5 Å². The predicted octanol–water partition coefficient (Wildman–Crippen LogP) is 1.48. The molecule has 19 heavy (non-hydrogen) atoms. The molecular formula is C12H11N3O3S. The van der Waals surface area contributed by atoms with Crippen LogP contribution in [0.15, 0.2) is 47.9 Å². The Morgan fingerprint density at radius 3 is 2.21 bits per heavy atom. The molecule has 0 atom stereocenters. The zero-order valence-electron chi connectivity index (χ0n) is 10.1. The molecule has 0 saturated carbocycles. The average Bonchev–Trinajstić information content (AvgIpc) is 2.39. The zero-order valence-corrected chi connectivity index (χ0v) is 10.9. The summed E-state index contributed by atoms with van der Waals surface area (Å²) in [6, 6.07) is 5.70. The van der Waals surface area contributed by atoms with E-state index in [1.165, 1.54) is 49.9 Å². The van der Waals surface area contributed by atoms with Crippen molar-refractivity contribution in [3.63, 3.8) is 0 Å². The molecule has 0 saturated heterocycles. The predicted molar refractivity (Wildman–Crippen MR) is 69.3 cm³/mol. The number of rotatable bonds is 4. The van der Waals surface area contributed by atoms with Gasteiger partial charge in [0.1, 0.15) is 6.33 Å². The Labute approximate surface area is 110 Å². The summed E-state index contributed by atoms with van der Waals surface area (Å²) < 4.78 is 26.4. The summed E-state index contributed by atoms with van der Waals surface area (Å²) in [6.07, 6.45) is 4.02. The number of benzene rings is 1. The van der Waals surface area contributed by atoms with Gasteiger partial charge in [-0.2, -0.15) is 0 Å². The largest absolute Gasteiger partial charge is 0.295 e. The second-order valence-electron chi connectivity index (χ2n) is 3.81. The van der Waals surface area contributed by atoms with Gasteiger partial charge in [-0.05, 0) is 19.1 Å². The van der Waals surface area contributed by atoms with E-state index in [1.807, 2.05) is 0 Å². The smallest absolute Gasteiger partial charge is 0.261 e. The van der Waals surface area contributed by atoms with E-state index >= 15 is 0 Å². The second kappa shape index (κ2) is 5.15. The van der Waals surface area contributed by atoms with Crippen molar-refractivity contribution in [2.45, 2.75) is 11.8 Å². The molecule has 6 nitrogen and oxygen atoms in total. The van der Waals surface area contributed by atoms with Crippen molar-refractivity contribution in [2.75, 3.05) is 4.72 Å². The average molecular weight is 277 g/mol. The lowest BCUT2D eigenvalue weighted by Gasteiger charge is -2.07. The highest BCUT2D eigenvalue weighted by atomic mass is 32.2. The lowest BCUT2D eigenvalue weighted by Crippen LogP contribution is -2.13. The second-order valence-corrected chi connectivity index (χ2v) is 5.50. The summed E-state index contributed by atoms with van der Waals surface area (Å²) in [5.41, 5.74) is 0.736. The number of ketones is 1. The van der Waals surface area contributed by atoms with E-state index in [1.54, 1.807) is 0 Å². The first-order valence-corrected chi connectivity index (χ1v) is 6.86. The van der Waals surface area contributed by atoms with Gasteiger partial charge in [0.15, 0.2) is 5.78 Å². The molecule has 98 valence electrons. The fourth-order valence-electron chi connectivity index (χ4n) is 1.43. The van der Waals surface area contributed by atoms with Crippen molar-refractivity contribution < 1.29 is 13.2 Å². The number of hydrogen-bond acceptors (Lipinski definition) is 5. The molecule has 0 aliphatic heterocycles. The quantitative estimate of drug-likeness (QED) is 0.855. The van der Waals surface area contributed by atoms with Crippen LogP contribution >= 0.6 is 0 Å². The molecule has 1 heterocycles. The van der Waals surface area contributed by atoms with Crippen molar-refractivity contribution in [3.8, 4) is 0 Å². The van der Waals surface area contributed by atoms with Crippen LogP contribution in [0.4, 0.5) is 5.69 Å². The summed E-state index contributed by atoms with van der Waals surface area (Å²) in [6.45, 7) is 1.42. The molecule has 0 spiro atoms. The Kier molecular flexibility index (Phi) is 3.57. The van der Waals surface area contributed by atoms with Gasteiger partial charge < -0.3 is 0 Å². The van der Waals surface area contributed by atoms with Gasteiger partial charge in [0.2, 0.25) is 0 Å². The van der Waals surface area contributed by atoms with Crippen molar-refractivity contribution in [1.82, 2.24) is 9.97 Å². The van der Waals surface area contributed by atoms with Crippen LogP contribution < -0.4 is 4.72 Å². The van der Waals surface area contributed by atoms with Crippen LogP contribution in [-0.4, -0.2) is 24.2 Å². The molecular weight excluding hydrogens is 266 g/mol. The first kappa shape index (κ1) is 13.2. The van der Waals surface area contributed by atoms with Crippen molar-refractivity contribution in [2.24, 2.45) is 0 Å². The van der Waals surface area contributed by atoms with Crippen LogP contribution in [0.5, 0.6) is 0 Å². The number of aromatic nitrogens is 2. The molecule has 0 fully saturated rings. The topological polar surface area (TPSA) is 89.0 Å². The number of nitrogens with one attached hydrogen (secondary N) is 1. The lowest BCUT2D eigenvalue weighted by atomic mass is 10.2. The number of carbonyl (C=O) groups is 1. The molecule has 2 rings (SSSR count). The van der Waals surface area contributed by atoms with E-state index in [0.717, 1.165) is 0 Å². The summed E-state index contributed by atoms with van der Waals surface area (Å²) in [7, 11) is -3.70. The number of Topliss-reactive ketones (excluding diaryl/α,β-unsaturated/α-hetero) is 1. The number of sulfonamides is 1. The number of anilines is 1. The highest BCUT2D eigenvalue weighted by Crippen LogP contribution is 2.15. The van der Waals surface area contributed by atoms with Crippen LogP contribution in [0, 0.1) is 0 Å². The third-order valence-corrected chi connectivity index (χ3v) is 3.78. The normalized spacial score (nSPS) is 11.0. The fourth-order valence-corrected chi connectivity index (χ4v) is 2.46. The third kappa shape index (κ3) is 3.14. The minimum Gasteiger partial charge on any atom is -0.295 e. The van der Waals surface area contributed by atoms with Crippen LogP contribution in [0.3, 0.4) is 0 Å². The molecule has 0 amide bonds. The van der Waals surface area contributed by atoms with Crippen LogP contribution in [0.25, 0.3) is 0 Å². The molecule has 1 aromatic heterocycles. The molecule has 0 radical (unpaired) electrons. The molecule has 1 aromatic carbocycles. The zero-order chi connectivity index (χ0) is 13.9. The van der Waals surface area contributed by atoms with E-state index in [0.29, 0.717) is 5.56 Å². The SMILES string of the molecule is CC(=O)c1ccc(S(=O)(=O)Nc2cncnc2)cc1. The van der Waals surface area contributed by atoms with E-state index in [-0.39, 0.29) is 16.4 Å². The monoisotopic (exact) mass is 277 g/mol. The number of carbonyl (C=O) groups excluding carboxylic acids is 1. The molecule has 0 bridgehead atoms. The third-order valence-electron chi connectivity index (χ3n) is 2.38. The Balaban J connectivity index is 2.27. The van der Waals surface area contributed by atoms with Gasteiger partial charge in [0.05, 0.1) is 23.0 Å². The number of nitrogens with zero attached hydrogens (tertiary/aromatic N) is 2. The van der Waals surface area contributed by atoms with Crippen LogP contribution in [0.2, 0.25) is 0 Å². The first-order valence-electron chi connectivity index (χ1n) is 5.38. The van der Waals surface area contributed by atoms with Gasteiger partial charge >= 0.3 is 0 Å². The van der Waals surface area contributed by atoms with E-state index < -0.39 is 10.0 Å². The Morgan fingerprint density at radius 2 is 1.68 bits per heavy atom. The van der Waals surface area contributed by atoms with Gasteiger partial charge in [-0.25, -0.2) is 18.4 Å². The van der Waals surface area contributed by atoms with Gasteiger partial charge in [0, 0.05) is 5.56 Å². The minimum atomic E-state index is -3.70. The van der Waals surface area contributed by atoms with Gasteiger partial charge in [-0.15, -0.1) is 0 Å². The summed E-state index contributed by atoms with van der Waals surface area (Å²) in [4.78, 5) is 18.6. The van der Waals surface area contributed by atoms with E-state index in [4.69, 9.17) is 0 Å². The maximum atomic E-state index is 12.0. The summed E-state index contributed by atoms with van der Waals surface area (Å²) >= 11 is 0. The molecule has 0 aliphatic carbocycles. The fraction of sp³-hybridized carbons (Fsp3) is 0.0833. The lowest BCUT2D eigenvalue weighted by molar-refractivity contribution is 0.101. The maximum absolute atomic E-state index is 12.0. The maximum Gasteiger partial charge on any atom is 0.261 e. The summed E-state index contributed by atoms with van der Waals surface area (Å²) in [5.74, 6) is -0.117. The molecule has 1 N–H and O–H groups in total. The molecule has 7 heteroatoms. The standard InChI is InChI=1S/C12H11N3O3S/c1-9(16)10-2-4-12(5-3-10)19(17,18)15-11-6-13-8-14-7-11/h2-8,15H,1H3. The minimum absolute atomic E-state index is 0.0707. The van der Waals surface area contributed by atoms with E-state index in [2.05, 4.69) is 14.7 Å². The van der Waals surface area contributed by atoms with Gasteiger partial charge in [0.25, 0.3) is 10.0 Å². The Bertz CT molecular complexity index is 682. The highest BCUT2D eigenvalue weighted by molar-refractivity contribution is 7.92. The van der Waals surface area contributed by atoms with Crippen molar-refractivity contribution in [1.29, 1.82) is 0 Å². The van der Waals surface area contributed by atoms with Gasteiger partial charge in [-0.3, -0.25) is 9.52 Å². The summed E-state index contributed by atoms with van der Waals surface area (Å²) in [5, 5.41) is 0. The molecule has 2 aromatic rings. The van der Waals surface area contributed by atoms with Crippen LogP contribution in [0.1, 0.15) is 17.3 Å². The Hall–Kier alpha value is -2.28. The van der Waals surface area contributed by atoms with Crippen molar-refractivity contribution in [3.05, 3.63) is 48.5 Å². The van der Waals surface area contributed by atoms with Crippen LogP contribution in [-0.2, 0) is 10.0 Å². The number of hydrogen-bond donors (Lipinski definition) is 1. The Morgan fingerprint density at radius 1 is 1.11 bits per heavy atom.